The molecule has 2 heterocycles. The fourth-order valence-corrected chi connectivity index (χ4v) is 3.18. The van der Waals surface area contributed by atoms with Crippen LogP contribution in [0.3, 0.4) is 0 Å². The highest BCUT2D eigenvalue weighted by Crippen LogP contribution is 2.31. The minimum Gasteiger partial charge on any atom is -0.372 e. The predicted octanol–water partition coefficient (Wildman–Crippen LogP) is 4.54. The van der Waals surface area contributed by atoms with E-state index in [2.05, 4.69) is 36.4 Å². The third-order valence-electron chi connectivity index (χ3n) is 3.72. The SMILES string of the molecule is CNc1nc2nnc(-c3cc(Br)ccc3F)n2c2cc(Cl)ccc12. The molecule has 4 aromatic rings. The summed E-state index contributed by atoms with van der Waals surface area (Å²) in [5.74, 6) is 0.998. The Kier molecular flexibility index (Phi) is 3.62. The quantitative estimate of drug-likeness (QED) is 0.531. The van der Waals surface area contributed by atoms with E-state index in [0.29, 0.717) is 28.0 Å². The van der Waals surface area contributed by atoms with E-state index >= 15 is 0 Å². The van der Waals surface area contributed by atoms with Gasteiger partial charge in [-0.3, -0.25) is 4.40 Å². The molecule has 0 aliphatic carbocycles. The zero-order chi connectivity index (χ0) is 16.8. The molecular weight excluding hydrogens is 397 g/mol. The molecule has 24 heavy (non-hydrogen) atoms. The maximum absolute atomic E-state index is 14.3. The summed E-state index contributed by atoms with van der Waals surface area (Å²) in [6, 6.07) is 10.1. The van der Waals surface area contributed by atoms with Crippen molar-refractivity contribution in [3.05, 3.63) is 51.7 Å². The standard InChI is InChI=1S/C16H10BrClFN5/c1-20-14-10-4-3-9(18)7-13(10)24-15(22-23-16(24)21-14)11-6-8(17)2-5-12(11)19/h2-7H,1H3,(H,20,21,23). The lowest BCUT2D eigenvalue weighted by Gasteiger charge is -2.09. The summed E-state index contributed by atoms with van der Waals surface area (Å²) in [6.07, 6.45) is 0. The van der Waals surface area contributed by atoms with Gasteiger partial charge in [-0.25, -0.2) is 4.39 Å². The molecule has 0 aliphatic heterocycles. The van der Waals surface area contributed by atoms with Gasteiger partial charge in [0.1, 0.15) is 11.6 Å². The summed E-state index contributed by atoms with van der Waals surface area (Å²) in [5.41, 5.74) is 1.08. The lowest BCUT2D eigenvalue weighted by Crippen LogP contribution is -2.01. The van der Waals surface area contributed by atoms with Crippen molar-refractivity contribution < 1.29 is 4.39 Å². The van der Waals surface area contributed by atoms with Crippen molar-refractivity contribution >= 4 is 50.0 Å². The van der Waals surface area contributed by atoms with Crippen molar-refractivity contribution in [3.63, 3.8) is 0 Å². The van der Waals surface area contributed by atoms with Gasteiger partial charge in [-0.2, -0.15) is 4.98 Å². The van der Waals surface area contributed by atoms with Crippen LogP contribution in [0.1, 0.15) is 0 Å². The number of rotatable bonds is 2. The maximum atomic E-state index is 14.3. The smallest absolute Gasteiger partial charge is 0.257 e. The van der Waals surface area contributed by atoms with E-state index < -0.39 is 0 Å². The highest BCUT2D eigenvalue weighted by atomic mass is 79.9. The highest BCUT2D eigenvalue weighted by Gasteiger charge is 2.18. The molecule has 2 aromatic heterocycles. The highest BCUT2D eigenvalue weighted by molar-refractivity contribution is 9.10. The van der Waals surface area contributed by atoms with Crippen LogP contribution >= 0.6 is 27.5 Å². The molecule has 0 radical (unpaired) electrons. The van der Waals surface area contributed by atoms with Gasteiger partial charge < -0.3 is 5.32 Å². The van der Waals surface area contributed by atoms with E-state index in [-0.39, 0.29) is 5.82 Å². The number of nitrogens with one attached hydrogen (secondary N) is 1. The van der Waals surface area contributed by atoms with Crippen molar-refractivity contribution in [2.45, 2.75) is 0 Å². The number of halogens is 3. The Bertz CT molecular complexity index is 1090. The van der Waals surface area contributed by atoms with Gasteiger partial charge in [-0.1, -0.05) is 27.5 Å². The van der Waals surface area contributed by atoms with E-state index in [0.717, 1.165) is 15.4 Å². The molecule has 0 spiro atoms. The normalized spacial score (nSPS) is 11.3. The minimum absolute atomic E-state index is 0.331. The Balaban J connectivity index is 2.16. The van der Waals surface area contributed by atoms with Crippen LogP contribution in [0.15, 0.2) is 40.9 Å². The van der Waals surface area contributed by atoms with Crippen molar-refractivity contribution in [1.29, 1.82) is 0 Å². The summed E-state index contributed by atoms with van der Waals surface area (Å²) < 4.78 is 16.8. The number of hydrogen-bond acceptors (Lipinski definition) is 4. The van der Waals surface area contributed by atoms with Gasteiger partial charge in [0.2, 0.25) is 0 Å². The number of anilines is 1. The molecule has 5 nitrogen and oxygen atoms in total. The fraction of sp³-hybridized carbons (Fsp3) is 0.0625. The molecule has 0 unspecified atom stereocenters. The maximum Gasteiger partial charge on any atom is 0.257 e. The minimum atomic E-state index is -0.389. The lowest BCUT2D eigenvalue weighted by atomic mass is 10.2. The van der Waals surface area contributed by atoms with Gasteiger partial charge in [0.15, 0.2) is 5.82 Å². The fourth-order valence-electron chi connectivity index (χ4n) is 2.65. The first kappa shape index (κ1) is 15.3. The van der Waals surface area contributed by atoms with Crippen LogP contribution < -0.4 is 5.32 Å². The topological polar surface area (TPSA) is 55.1 Å². The molecular formula is C16H10BrClFN5. The van der Waals surface area contributed by atoms with Crippen molar-refractivity contribution in [2.75, 3.05) is 12.4 Å². The summed E-state index contributed by atoms with van der Waals surface area (Å²) in [4.78, 5) is 4.45. The first-order valence-electron chi connectivity index (χ1n) is 7.06. The second-order valence-corrected chi connectivity index (χ2v) is 6.51. The number of fused-ring (bicyclic) bond motifs is 3. The van der Waals surface area contributed by atoms with Gasteiger partial charge in [0.25, 0.3) is 5.78 Å². The van der Waals surface area contributed by atoms with Crippen LogP contribution in [0.4, 0.5) is 10.2 Å². The number of hydrogen-bond donors (Lipinski definition) is 1. The van der Waals surface area contributed by atoms with Crippen LogP contribution in [0.2, 0.25) is 5.02 Å². The average molecular weight is 407 g/mol. The molecule has 0 bridgehead atoms. The third-order valence-corrected chi connectivity index (χ3v) is 4.45. The van der Waals surface area contributed by atoms with Gasteiger partial charge >= 0.3 is 0 Å². The molecule has 0 saturated heterocycles. The van der Waals surface area contributed by atoms with Crippen LogP contribution in [0.25, 0.3) is 28.1 Å². The molecule has 4 rings (SSSR count). The predicted molar refractivity (Wildman–Crippen MR) is 95.9 cm³/mol. The van der Waals surface area contributed by atoms with E-state index in [1.54, 1.807) is 35.7 Å². The average Bonchev–Trinajstić information content (AvgIpc) is 3.00. The van der Waals surface area contributed by atoms with Crippen molar-refractivity contribution in [2.24, 2.45) is 0 Å². The monoisotopic (exact) mass is 405 g/mol. The molecule has 0 atom stereocenters. The molecule has 2 aromatic carbocycles. The van der Waals surface area contributed by atoms with E-state index in [1.807, 2.05) is 6.07 Å². The Morgan fingerprint density at radius 1 is 1.17 bits per heavy atom. The third kappa shape index (κ3) is 2.32. The van der Waals surface area contributed by atoms with E-state index in [9.17, 15) is 4.39 Å². The number of nitrogens with zero attached hydrogens (tertiary/aromatic N) is 4. The second-order valence-electron chi connectivity index (χ2n) is 5.16. The summed E-state index contributed by atoms with van der Waals surface area (Å²) in [7, 11) is 1.78. The van der Waals surface area contributed by atoms with E-state index in [1.165, 1.54) is 6.07 Å². The summed E-state index contributed by atoms with van der Waals surface area (Å²) in [5, 5.41) is 12.7. The summed E-state index contributed by atoms with van der Waals surface area (Å²) in [6.45, 7) is 0. The molecule has 120 valence electrons. The van der Waals surface area contributed by atoms with Crippen LogP contribution in [-0.4, -0.2) is 26.6 Å². The molecule has 0 aliphatic rings. The Labute approximate surface area is 149 Å². The Morgan fingerprint density at radius 3 is 2.79 bits per heavy atom. The van der Waals surface area contributed by atoms with Gasteiger partial charge in [0.05, 0.1) is 11.1 Å². The molecule has 0 saturated carbocycles. The largest absolute Gasteiger partial charge is 0.372 e. The van der Waals surface area contributed by atoms with Crippen LogP contribution in [0, 0.1) is 5.82 Å². The zero-order valence-electron chi connectivity index (χ0n) is 12.4. The summed E-state index contributed by atoms with van der Waals surface area (Å²) >= 11 is 9.52. The zero-order valence-corrected chi connectivity index (χ0v) is 14.7. The van der Waals surface area contributed by atoms with Crippen LogP contribution in [-0.2, 0) is 0 Å². The molecule has 8 heteroatoms. The Morgan fingerprint density at radius 2 is 2.00 bits per heavy atom. The first-order chi connectivity index (χ1) is 11.6. The second kappa shape index (κ2) is 5.68. The van der Waals surface area contributed by atoms with E-state index in [4.69, 9.17) is 11.6 Å². The number of benzene rings is 2. The molecule has 0 fully saturated rings. The first-order valence-corrected chi connectivity index (χ1v) is 8.23. The molecule has 1 N–H and O–H groups in total. The van der Waals surface area contributed by atoms with Crippen molar-refractivity contribution in [3.8, 4) is 11.4 Å². The van der Waals surface area contributed by atoms with Gasteiger partial charge in [-0.05, 0) is 36.4 Å². The number of aromatic nitrogens is 4. The molecule has 0 amide bonds. The van der Waals surface area contributed by atoms with Crippen LogP contribution in [0.5, 0.6) is 0 Å². The van der Waals surface area contributed by atoms with Gasteiger partial charge in [-0.15, -0.1) is 10.2 Å². The van der Waals surface area contributed by atoms with Crippen molar-refractivity contribution in [1.82, 2.24) is 19.6 Å². The van der Waals surface area contributed by atoms with Gasteiger partial charge in [0, 0.05) is 21.9 Å². The Hall–Kier alpha value is -2.25. The lowest BCUT2D eigenvalue weighted by molar-refractivity contribution is 0.629.